The lowest BCUT2D eigenvalue weighted by Gasteiger charge is -2.12. The number of hydrogen-bond acceptors (Lipinski definition) is 5. The van der Waals surface area contributed by atoms with Gasteiger partial charge >= 0.3 is 0 Å². The Kier molecular flexibility index (Phi) is 5.64. The molecular weight excluding hydrogens is 408 g/mol. The predicted molar refractivity (Wildman–Crippen MR) is 117 cm³/mol. The second-order valence-electron chi connectivity index (χ2n) is 6.19. The van der Waals surface area contributed by atoms with Crippen molar-refractivity contribution in [1.29, 1.82) is 0 Å². The zero-order valence-corrected chi connectivity index (χ0v) is 17.1. The van der Waals surface area contributed by atoms with Gasteiger partial charge in [-0.3, -0.25) is 4.79 Å². The van der Waals surface area contributed by atoms with E-state index in [1.807, 2.05) is 36.4 Å². The van der Waals surface area contributed by atoms with Crippen LogP contribution in [-0.2, 0) is 4.79 Å². The Morgan fingerprint density at radius 3 is 2.66 bits per heavy atom. The van der Waals surface area contributed by atoms with Gasteiger partial charge in [-0.15, -0.1) is 11.3 Å². The molecule has 1 amide bonds. The molecule has 7 heteroatoms. The van der Waals surface area contributed by atoms with Crippen molar-refractivity contribution in [3.63, 3.8) is 0 Å². The zero-order chi connectivity index (χ0) is 20.2. The van der Waals surface area contributed by atoms with Crippen LogP contribution in [0.1, 0.15) is 0 Å². The van der Waals surface area contributed by atoms with Crippen LogP contribution < -0.4 is 14.8 Å². The average Bonchev–Trinajstić information content (AvgIpc) is 3.18. The topological polar surface area (TPSA) is 60.5 Å². The van der Waals surface area contributed by atoms with Crippen molar-refractivity contribution in [2.24, 2.45) is 0 Å². The highest BCUT2D eigenvalue weighted by Crippen LogP contribution is 2.35. The Morgan fingerprint density at radius 1 is 1.10 bits per heavy atom. The first-order valence-corrected chi connectivity index (χ1v) is 10.0. The summed E-state index contributed by atoms with van der Waals surface area (Å²) in [6, 6.07) is 20.4. The minimum absolute atomic E-state index is 0.121. The van der Waals surface area contributed by atoms with E-state index in [4.69, 9.17) is 21.1 Å². The Morgan fingerprint density at radius 2 is 1.90 bits per heavy atom. The van der Waals surface area contributed by atoms with Crippen molar-refractivity contribution in [2.75, 3.05) is 19.0 Å². The fourth-order valence-corrected chi connectivity index (χ4v) is 3.88. The molecule has 4 rings (SSSR count). The van der Waals surface area contributed by atoms with E-state index in [0.29, 0.717) is 22.2 Å². The quantitative estimate of drug-likeness (QED) is 0.435. The molecule has 3 aromatic carbocycles. The molecule has 4 aromatic rings. The zero-order valence-electron chi connectivity index (χ0n) is 15.5. The first-order valence-electron chi connectivity index (χ1n) is 8.84. The third-order valence-corrected chi connectivity index (χ3v) is 5.54. The Labute approximate surface area is 176 Å². The number of benzene rings is 3. The molecule has 29 heavy (non-hydrogen) atoms. The van der Waals surface area contributed by atoms with Crippen LogP contribution in [0, 0.1) is 0 Å². The molecule has 0 bridgehead atoms. The highest BCUT2D eigenvalue weighted by atomic mass is 35.5. The lowest BCUT2D eigenvalue weighted by molar-refractivity contribution is -0.118. The summed E-state index contributed by atoms with van der Waals surface area (Å²) in [5.41, 5.74) is 2.46. The summed E-state index contributed by atoms with van der Waals surface area (Å²) in [6.07, 6.45) is 0. The summed E-state index contributed by atoms with van der Waals surface area (Å²) >= 11 is 7.46. The summed E-state index contributed by atoms with van der Waals surface area (Å²) in [5.74, 6) is 0.843. The molecule has 0 radical (unpaired) electrons. The maximum atomic E-state index is 12.3. The van der Waals surface area contributed by atoms with Crippen LogP contribution in [0.3, 0.4) is 0 Å². The normalized spacial score (nSPS) is 10.7. The summed E-state index contributed by atoms with van der Waals surface area (Å²) in [6.45, 7) is -0.121. The van der Waals surface area contributed by atoms with E-state index in [9.17, 15) is 4.79 Å². The lowest BCUT2D eigenvalue weighted by atomic mass is 10.2. The van der Waals surface area contributed by atoms with Crippen molar-refractivity contribution in [3.05, 3.63) is 71.8 Å². The van der Waals surface area contributed by atoms with Crippen molar-refractivity contribution in [1.82, 2.24) is 4.98 Å². The van der Waals surface area contributed by atoms with E-state index in [1.54, 1.807) is 48.8 Å². The molecule has 146 valence electrons. The lowest BCUT2D eigenvalue weighted by Crippen LogP contribution is -2.20. The van der Waals surface area contributed by atoms with Crippen LogP contribution in [0.5, 0.6) is 11.5 Å². The van der Waals surface area contributed by atoms with Crippen molar-refractivity contribution in [2.45, 2.75) is 0 Å². The van der Waals surface area contributed by atoms with E-state index >= 15 is 0 Å². The van der Waals surface area contributed by atoms with Crippen LogP contribution in [0.2, 0.25) is 5.02 Å². The van der Waals surface area contributed by atoms with Crippen molar-refractivity contribution in [3.8, 4) is 22.1 Å². The molecule has 5 nitrogen and oxygen atoms in total. The molecule has 0 saturated carbocycles. The van der Waals surface area contributed by atoms with Crippen LogP contribution in [-0.4, -0.2) is 24.6 Å². The number of anilines is 1. The van der Waals surface area contributed by atoms with Gasteiger partial charge in [0.25, 0.3) is 5.91 Å². The van der Waals surface area contributed by atoms with Crippen molar-refractivity contribution < 1.29 is 14.3 Å². The van der Waals surface area contributed by atoms with E-state index in [2.05, 4.69) is 10.3 Å². The first-order chi connectivity index (χ1) is 14.1. The molecule has 1 heterocycles. The molecule has 0 aliphatic heterocycles. The van der Waals surface area contributed by atoms with Crippen LogP contribution in [0.15, 0.2) is 66.7 Å². The molecular formula is C22H17ClN2O3S. The van der Waals surface area contributed by atoms with E-state index in [1.165, 1.54) is 0 Å². The summed E-state index contributed by atoms with van der Waals surface area (Å²) < 4.78 is 12.1. The Hall–Kier alpha value is -3.09. The molecule has 1 N–H and O–H groups in total. The fraction of sp³-hybridized carbons (Fsp3) is 0.0909. The molecule has 0 fully saturated rings. The number of amides is 1. The number of nitrogens with zero attached hydrogens (tertiary/aromatic N) is 1. The number of hydrogen-bond donors (Lipinski definition) is 1. The molecule has 0 aliphatic carbocycles. The van der Waals surface area contributed by atoms with Crippen LogP contribution in [0.4, 0.5) is 5.69 Å². The van der Waals surface area contributed by atoms with E-state index in [-0.39, 0.29) is 12.5 Å². The molecule has 0 spiro atoms. The fourth-order valence-electron chi connectivity index (χ4n) is 2.79. The van der Waals surface area contributed by atoms with Gasteiger partial charge in [-0.1, -0.05) is 23.7 Å². The third kappa shape index (κ3) is 4.50. The standard InChI is InChI=1S/C22H17ClN2O3S/c1-27-19-12-14(22-25-18-4-2-3-5-20(18)29-22)6-11-17(19)24-21(26)13-28-16-9-7-15(23)8-10-16/h2-12H,13H2,1H3,(H,24,26). The molecule has 0 saturated heterocycles. The summed E-state index contributed by atoms with van der Waals surface area (Å²) in [4.78, 5) is 16.9. The number of halogens is 1. The van der Waals surface area contributed by atoms with Crippen molar-refractivity contribution >= 4 is 44.7 Å². The van der Waals surface area contributed by atoms with E-state index in [0.717, 1.165) is 20.8 Å². The summed E-state index contributed by atoms with van der Waals surface area (Å²) in [5, 5.41) is 4.32. The number of fused-ring (bicyclic) bond motifs is 1. The number of thiazole rings is 1. The Bertz CT molecular complexity index is 1130. The molecule has 0 atom stereocenters. The van der Waals surface area contributed by atoms with Gasteiger partial charge in [0.15, 0.2) is 6.61 Å². The number of aromatic nitrogens is 1. The van der Waals surface area contributed by atoms with Crippen LogP contribution in [0.25, 0.3) is 20.8 Å². The van der Waals surface area contributed by atoms with Gasteiger partial charge < -0.3 is 14.8 Å². The molecule has 0 unspecified atom stereocenters. The number of methoxy groups -OCH3 is 1. The Balaban J connectivity index is 1.47. The predicted octanol–water partition coefficient (Wildman–Crippen LogP) is 5.64. The van der Waals surface area contributed by atoms with Gasteiger partial charge in [0, 0.05) is 10.6 Å². The number of nitrogens with one attached hydrogen (secondary N) is 1. The highest BCUT2D eigenvalue weighted by molar-refractivity contribution is 7.21. The third-order valence-electron chi connectivity index (χ3n) is 4.20. The second-order valence-corrected chi connectivity index (χ2v) is 7.66. The maximum Gasteiger partial charge on any atom is 0.262 e. The highest BCUT2D eigenvalue weighted by Gasteiger charge is 2.12. The molecule has 0 aliphatic rings. The molecule has 1 aromatic heterocycles. The van der Waals surface area contributed by atoms with Gasteiger partial charge in [0.05, 0.1) is 23.0 Å². The van der Waals surface area contributed by atoms with Gasteiger partial charge in [0.2, 0.25) is 0 Å². The van der Waals surface area contributed by atoms with E-state index < -0.39 is 0 Å². The number of carbonyl (C=O) groups excluding carboxylic acids is 1. The van der Waals surface area contributed by atoms with Gasteiger partial charge in [-0.05, 0) is 54.6 Å². The first kappa shape index (κ1) is 19.2. The summed E-state index contributed by atoms with van der Waals surface area (Å²) in [7, 11) is 1.57. The minimum atomic E-state index is -0.286. The van der Waals surface area contributed by atoms with Crippen LogP contribution >= 0.6 is 22.9 Å². The number of carbonyl (C=O) groups is 1. The average molecular weight is 425 g/mol. The minimum Gasteiger partial charge on any atom is -0.495 e. The monoisotopic (exact) mass is 424 g/mol. The van der Waals surface area contributed by atoms with Gasteiger partial charge in [-0.2, -0.15) is 0 Å². The van der Waals surface area contributed by atoms with Gasteiger partial charge in [0.1, 0.15) is 16.5 Å². The number of ether oxygens (including phenoxy) is 2. The maximum absolute atomic E-state index is 12.3. The van der Waals surface area contributed by atoms with Gasteiger partial charge in [-0.25, -0.2) is 4.98 Å². The second kappa shape index (κ2) is 8.51. The number of para-hydroxylation sites is 1. The SMILES string of the molecule is COc1cc(-c2nc3ccccc3s2)ccc1NC(=O)COc1ccc(Cl)cc1. The smallest absolute Gasteiger partial charge is 0.262 e. The largest absolute Gasteiger partial charge is 0.495 e. The number of rotatable bonds is 6.